The van der Waals surface area contributed by atoms with Gasteiger partial charge in [0.25, 0.3) is 0 Å². The maximum absolute atomic E-state index is 12.2. The molecule has 0 heterocycles. The van der Waals surface area contributed by atoms with E-state index in [0.29, 0.717) is 37.5 Å². The Kier molecular flexibility index (Phi) is 6.58. The molecule has 0 bridgehead atoms. The number of fused-ring (bicyclic) bond motifs is 5. The highest BCUT2D eigenvalue weighted by Gasteiger charge is 2.68. The summed E-state index contributed by atoms with van der Waals surface area (Å²) in [7, 11) is 0. The molecule has 7 nitrogen and oxygen atoms in total. The fourth-order valence-corrected chi connectivity index (χ4v) is 9.10. The predicted molar refractivity (Wildman–Crippen MR) is 124 cm³/mol. The molecule has 4 aliphatic rings. The van der Waals surface area contributed by atoms with Crippen LogP contribution in [-0.2, 0) is 28.6 Å². The van der Waals surface area contributed by atoms with Crippen LogP contribution in [0, 0.1) is 34.5 Å². The quantitative estimate of drug-likeness (QED) is 0.478. The molecule has 7 heteroatoms. The minimum absolute atomic E-state index is 0.0503. The Bertz CT molecular complexity index is 841. The van der Waals surface area contributed by atoms with Crippen molar-refractivity contribution >= 4 is 17.9 Å². The van der Waals surface area contributed by atoms with Gasteiger partial charge in [-0.25, -0.2) is 0 Å². The highest BCUT2D eigenvalue weighted by atomic mass is 16.6. The predicted octanol–water partition coefficient (Wildman–Crippen LogP) is 4.19. The lowest BCUT2D eigenvalue weighted by molar-refractivity contribution is -0.252. The van der Waals surface area contributed by atoms with E-state index in [1.165, 1.54) is 20.8 Å². The van der Waals surface area contributed by atoms with Crippen molar-refractivity contribution < 1.29 is 33.7 Å². The van der Waals surface area contributed by atoms with E-state index in [0.717, 1.165) is 25.7 Å². The van der Waals surface area contributed by atoms with Crippen LogP contribution in [0.25, 0.3) is 0 Å². The molecule has 4 saturated carbocycles. The summed E-state index contributed by atoms with van der Waals surface area (Å²) in [5.41, 5.74) is -1.48. The van der Waals surface area contributed by atoms with Gasteiger partial charge in [0.05, 0.1) is 5.60 Å². The van der Waals surface area contributed by atoms with E-state index >= 15 is 0 Å². The second kappa shape index (κ2) is 8.79. The summed E-state index contributed by atoms with van der Waals surface area (Å²) in [5, 5.41) is 12.0. The monoisotopic (exact) mass is 478 g/mol. The number of rotatable bonds is 4. The van der Waals surface area contributed by atoms with Gasteiger partial charge in [-0.3, -0.25) is 14.4 Å². The number of hydrogen-bond acceptors (Lipinski definition) is 7. The van der Waals surface area contributed by atoms with E-state index < -0.39 is 11.0 Å². The molecular formula is C27H42O7. The van der Waals surface area contributed by atoms with E-state index in [1.807, 2.05) is 6.92 Å². The summed E-state index contributed by atoms with van der Waals surface area (Å²) in [6.07, 6.45) is 5.41. The number of esters is 3. The van der Waals surface area contributed by atoms with E-state index in [4.69, 9.17) is 14.2 Å². The fraction of sp³-hybridized carbons (Fsp3) is 0.889. The maximum Gasteiger partial charge on any atom is 0.302 e. The van der Waals surface area contributed by atoms with Crippen LogP contribution in [0.4, 0.5) is 0 Å². The van der Waals surface area contributed by atoms with Crippen LogP contribution in [0.2, 0.25) is 0 Å². The zero-order valence-electron chi connectivity index (χ0n) is 21.6. The first-order chi connectivity index (χ1) is 15.8. The number of aliphatic hydroxyl groups is 1. The van der Waals surface area contributed by atoms with Gasteiger partial charge in [-0.2, -0.15) is 0 Å². The Hall–Kier alpha value is -1.63. The zero-order valence-corrected chi connectivity index (χ0v) is 21.6. The van der Waals surface area contributed by atoms with Crippen LogP contribution in [-0.4, -0.2) is 46.9 Å². The molecule has 0 amide bonds. The van der Waals surface area contributed by atoms with Crippen molar-refractivity contribution in [1.82, 2.24) is 0 Å². The lowest BCUT2D eigenvalue weighted by atomic mass is 9.42. The van der Waals surface area contributed by atoms with Gasteiger partial charge in [-0.05, 0) is 69.1 Å². The molecule has 1 N–H and O–H groups in total. The SMILES string of the molecule is CC(=O)O[C@@H]1CC[C@]2(C)[C@@H]3[C@@H](CC[C@]2(O)C1)[C@@H]1CC[C@H]([C@@H](C)OC(C)=O)[C@@]1(C)C[C@H]3OC(C)=O. The first kappa shape index (κ1) is 25.5. The molecule has 4 rings (SSSR count). The summed E-state index contributed by atoms with van der Waals surface area (Å²) in [6.45, 7) is 10.8. The molecule has 192 valence electrons. The molecule has 0 unspecified atom stereocenters. The number of ether oxygens (including phenoxy) is 3. The first-order valence-electron chi connectivity index (χ1n) is 13.0. The number of carbonyl (C=O) groups is 3. The molecule has 4 aliphatic carbocycles. The van der Waals surface area contributed by atoms with Crippen LogP contribution in [0.5, 0.6) is 0 Å². The number of carbonyl (C=O) groups excluding carboxylic acids is 3. The van der Waals surface area contributed by atoms with E-state index in [9.17, 15) is 19.5 Å². The molecule has 10 atom stereocenters. The van der Waals surface area contributed by atoms with Crippen LogP contribution >= 0.6 is 0 Å². The third-order valence-electron chi connectivity index (χ3n) is 10.3. The average Bonchev–Trinajstić information content (AvgIpc) is 3.04. The molecule has 0 saturated heterocycles. The third kappa shape index (κ3) is 4.06. The lowest BCUT2D eigenvalue weighted by Crippen LogP contribution is -2.67. The van der Waals surface area contributed by atoms with Crippen LogP contribution in [0.1, 0.15) is 92.9 Å². The Morgan fingerprint density at radius 1 is 0.882 bits per heavy atom. The smallest absolute Gasteiger partial charge is 0.302 e. The summed E-state index contributed by atoms with van der Waals surface area (Å²) in [4.78, 5) is 35.5. The largest absolute Gasteiger partial charge is 0.463 e. The third-order valence-corrected chi connectivity index (χ3v) is 10.3. The standard InChI is InChI=1S/C27H42O7/c1-15(32-16(2)28)21-7-8-22-20-10-12-27(31)13-19(33-17(3)29)9-11-26(27,6)24(20)23(34-18(4)30)14-25(21,22)5/h15,19-24,31H,7-14H2,1-6H3/t15-,19-,20+,21-,22+,23-,24-,25-,26-,27+/m1/s1. The van der Waals surface area contributed by atoms with Crippen molar-refractivity contribution in [3.05, 3.63) is 0 Å². The minimum Gasteiger partial charge on any atom is -0.463 e. The Balaban J connectivity index is 1.67. The lowest BCUT2D eigenvalue weighted by Gasteiger charge is -2.65. The van der Waals surface area contributed by atoms with E-state index in [-0.39, 0.29) is 53.5 Å². The molecule has 0 aromatic rings. The molecule has 4 fully saturated rings. The van der Waals surface area contributed by atoms with E-state index in [1.54, 1.807) is 0 Å². The van der Waals surface area contributed by atoms with Crippen molar-refractivity contribution in [2.75, 3.05) is 0 Å². The topological polar surface area (TPSA) is 99.1 Å². The van der Waals surface area contributed by atoms with Gasteiger partial charge in [0.1, 0.15) is 18.3 Å². The minimum atomic E-state index is -0.957. The Morgan fingerprint density at radius 2 is 1.56 bits per heavy atom. The second-order valence-corrected chi connectivity index (χ2v) is 12.1. The van der Waals surface area contributed by atoms with Gasteiger partial charge in [0, 0.05) is 44.4 Å². The first-order valence-corrected chi connectivity index (χ1v) is 13.0. The number of hydrogen-bond donors (Lipinski definition) is 1. The van der Waals surface area contributed by atoms with Gasteiger partial charge in [-0.15, -0.1) is 0 Å². The molecule has 0 aromatic carbocycles. The second-order valence-electron chi connectivity index (χ2n) is 12.1. The molecule has 34 heavy (non-hydrogen) atoms. The van der Waals surface area contributed by atoms with Crippen molar-refractivity contribution in [3.8, 4) is 0 Å². The molecule has 0 radical (unpaired) electrons. The highest BCUT2D eigenvalue weighted by molar-refractivity contribution is 5.67. The molecule has 0 spiro atoms. The van der Waals surface area contributed by atoms with Gasteiger partial charge in [0.2, 0.25) is 0 Å². The average molecular weight is 479 g/mol. The van der Waals surface area contributed by atoms with Crippen LogP contribution < -0.4 is 0 Å². The molecular weight excluding hydrogens is 436 g/mol. The fourth-order valence-electron chi connectivity index (χ4n) is 9.10. The van der Waals surface area contributed by atoms with Gasteiger partial charge in [0.15, 0.2) is 0 Å². The van der Waals surface area contributed by atoms with Gasteiger partial charge in [-0.1, -0.05) is 13.8 Å². The Labute approximate surface area is 203 Å². The van der Waals surface area contributed by atoms with Crippen molar-refractivity contribution in [2.45, 2.75) is 117 Å². The normalized spacial score (nSPS) is 46.3. The van der Waals surface area contributed by atoms with Crippen molar-refractivity contribution in [2.24, 2.45) is 34.5 Å². The molecule has 0 aliphatic heterocycles. The van der Waals surface area contributed by atoms with Gasteiger partial charge < -0.3 is 19.3 Å². The zero-order chi connectivity index (χ0) is 25.1. The summed E-state index contributed by atoms with van der Waals surface area (Å²) in [6, 6.07) is 0. The highest BCUT2D eigenvalue weighted by Crippen LogP contribution is 2.69. The van der Waals surface area contributed by atoms with Gasteiger partial charge >= 0.3 is 17.9 Å². The van der Waals surface area contributed by atoms with Crippen molar-refractivity contribution in [1.29, 1.82) is 0 Å². The van der Waals surface area contributed by atoms with Crippen LogP contribution in [0.3, 0.4) is 0 Å². The van der Waals surface area contributed by atoms with Crippen LogP contribution in [0.15, 0.2) is 0 Å². The summed E-state index contributed by atoms with van der Waals surface area (Å²) < 4.78 is 17.2. The molecule has 0 aromatic heterocycles. The maximum atomic E-state index is 12.2. The van der Waals surface area contributed by atoms with E-state index in [2.05, 4.69) is 13.8 Å². The Morgan fingerprint density at radius 3 is 2.18 bits per heavy atom. The summed E-state index contributed by atoms with van der Waals surface area (Å²) in [5.74, 6) is 0.163. The summed E-state index contributed by atoms with van der Waals surface area (Å²) >= 11 is 0. The van der Waals surface area contributed by atoms with Crippen molar-refractivity contribution in [3.63, 3.8) is 0 Å².